The molecule has 0 bridgehead atoms. The lowest BCUT2D eigenvalue weighted by molar-refractivity contribution is -0.132. The van der Waals surface area contributed by atoms with Crippen molar-refractivity contribution in [1.82, 2.24) is 10.6 Å². The number of carboxylic acid groups (broad SMARTS) is 1. The Bertz CT molecular complexity index is 1210. The Balaban J connectivity index is 1.64. The van der Waals surface area contributed by atoms with Crippen LogP contribution in [0, 0.1) is 0 Å². The molecule has 2 aromatic rings. The molecule has 0 aliphatic carbocycles. The Kier molecular flexibility index (Phi) is 11.4. The first-order valence-electron chi connectivity index (χ1n) is 12.3. The zero-order valence-electron chi connectivity index (χ0n) is 21.6. The van der Waals surface area contributed by atoms with Crippen molar-refractivity contribution in [2.24, 2.45) is 0 Å². The van der Waals surface area contributed by atoms with Crippen LogP contribution < -0.4 is 15.4 Å². The zero-order chi connectivity index (χ0) is 27.7. The average Bonchev–Trinajstić information content (AvgIpc) is 3.35. The molecule has 3 N–H and O–H groups in total. The highest BCUT2D eigenvalue weighted by Gasteiger charge is 2.24. The Hall–Kier alpha value is -2.65. The number of thioether (sulfide) groups is 1. The highest BCUT2D eigenvalue weighted by molar-refractivity contribution is 8.03. The molecule has 1 heterocycles. The Labute approximate surface area is 237 Å². The van der Waals surface area contributed by atoms with Gasteiger partial charge < -0.3 is 25.2 Å². The van der Waals surface area contributed by atoms with E-state index in [2.05, 4.69) is 17.6 Å². The van der Waals surface area contributed by atoms with Crippen LogP contribution in [-0.2, 0) is 16.1 Å². The first-order valence-corrected chi connectivity index (χ1v) is 14.0. The molecule has 1 aliphatic rings. The van der Waals surface area contributed by atoms with E-state index in [1.807, 2.05) is 23.6 Å². The molecule has 1 aliphatic heterocycles. The minimum atomic E-state index is -1.08. The van der Waals surface area contributed by atoms with E-state index in [0.717, 1.165) is 29.0 Å². The number of amides is 1. The van der Waals surface area contributed by atoms with Crippen molar-refractivity contribution >= 4 is 58.6 Å². The summed E-state index contributed by atoms with van der Waals surface area (Å²) in [5, 5.41) is 17.6. The zero-order valence-corrected chi connectivity index (χ0v) is 23.9. The van der Waals surface area contributed by atoms with Crippen molar-refractivity contribution in [2.45, 2.75) is 51.6 Å². The molecule has 38 heavy (non-hydrogen) atoms. The average molecular weight is 580 g/mol. The Morgan fingerprint density at radius 3 is 2.58 bits per heavy atom. The lowest BCUT2D eigenvalue weighted by Gasteiger charge is -2.18. The van der Waals surface area contributed by atoms with Gasteiger partial charge in [-0.25, -0.2) is 4.79 Å². The summed E-state index contributed by atoms with van der Waals surface area (Å²) < 4.78 is 11.6. The van der Waals surface area contributed by atoms with Gasteiger partial charge in [0.05, 0.1) is 29.5 Å². The standard InChI is InChI=1S/C28H32Cl2N2O5S/c1-4-5-6-7-11-37-15-18-9-8-10-20(25(18)36-3)24-16-38-28(31-24)32-26(33)19-13-22(29)21(23(30)14-19)12-17(2)27(34)35/h8-10,12-14,16,28,31H,4-7,11,15H2,1-3H3,(H,32,33)(H,34,35)/b17-12+. The normalized spacial score (nSPS) is 15.1. The summed E-state index contributed by atoms with van der Waals surface area (Å²) in [4.78, 5) is 24.1. The second-order valence-electron chi connectivity index (χ2n) is 8.76. The summed E-state index contributed by atoms with van der Waals surface area (Å²) in [7, 11) is 1.63. The van der Waals surface area contributed by atoms with E-state index >= 15 is 0 Å². The Morgan fingerprint density at radius 2 is 1.92 bits per heavy atom. The van der Waals surface area contributed by atoms with Crippen LogP contribution in [0.4, 0.5) is 0 Å². The molecule has 0 fully saturated rings. The summed E-state index contributed by atoms with van der Waals surface area (Å²) in [5.41, 5.74) is 2.91. The quantitative estimate of drug-likeness (QED) is 0.175. The van der Waals surface area contributed by atoms with Gasteiger partial charge in [0.2, 0.25) is 0 Å². The lowest BCUT2D eigenvalue weighted by atomic mass is 10.1. The van der Waals surface area contributed by atoms with E-state index in [4.69, 9.17) is 37.8 Å². The smallest absolute Gasteiger partial charge is 0.331 e. The van der Waals surface area contributed by atoms with Crippen molar-refractivity contribution in [3.63, 3.8) is 0 Å². The molecule has 7 nitrogen and oxygen atoms in total. The first-order chi connectivity index (χ1) is 18.2. The van der Waals surface area contributed by atoms with Gasteiger partial charge in [0.15, 0.2) is 5.50 Å². The Morgan fingerprint density at radius 1 is 1.18 bits per heavy atom. The van der Waals surface area contributed by atoms with Gasteiger partial charge in [-0.3, -0.25) is 4.79 Å². The van der Waals surface area contributed by atoms with E-state index in [1.54, 1.807) is 7.11 Å². The number of aliphatic carboxylic acids is 1. The van der Waals surface area contributed by atoms with Gasteiger partial charge in [0.1, 0.15) is 5.75 Å². The summed E-state index contributed by atoms with van der Waals surface area (Å²) in [6.07, 6.45) is 5.99. The van der Waals surface area contributed by atoms with E-state index in [0.29, 0.717) is 18.8 Å². The highest BCUT2D eigenvalue weighted by atomic mass is 35.5. The molecule has 10 heteroatoms. The molecule has 0 saturated heterocycles. The van der Waals surface area contributed by atoms with E-state index in [-0.39, 0.29) is 27.1 Å². The summed E-state index contributed by atoms with van der Waals surface area (Å²) in [6, 6.07) is 8.83. The van der Waals surface area contributed by atoms with Crippen LogP contribution in [-0.4, -0.2) is 36.2 Å². The SMILES string of the molecule is CCCCCCOCc1cccc(C2=CSC(NC(=O)c3cc(Cl)c(/C=C(\C)C(=O)O)c(Cl)c3)N2)c1OC. The number of nitrogens with one attached hydrogen (secondary N) is 2. The number of ether oxygens (including phenoxy) is 2. The number of hydrogen-bond acceptors (Lipinski definition) is 6. The van der Waals surface area contributed by atoms with Gasteiger partial charge in [0.25, 0.3) is 5.91 Å². The number of benzene rings is 2. The number of unbranched alkanes of at least 4 members (excludes halogenated alkanes) is 3. The molecule has 1 atom stereocenters. The fourth-order valence-corrected chi connectivity index (χ4v) is 5.29. The number of para-hydroxylation sites is 1. The predicted octanol–water partition coefficient (Wildman–Crippen LogP) is 6.94. The van der Waals surface area contributed by atoms with Gasteiger partial charge >= 0.3 is 5.97 Å². The fraction of sp³-hybridized carbons (Fsp3) is 0.357. The van der Waals surface area contributed by atoms with Crippen LogP contribution in [0.15, 0.2) is 41.3 Å². The molecule has 2 aromatic carbocycles. The highest BCUT2D eigenvalue weighted by Crippen LogP contribution is 2.35. The number of rotatable bonds is 13. The number of hydrogen-bond donors (Lipinski definition) is 3. The van der Waals surface area contributed by atoms with Gasteiger partial charge in [0, 0.05) is 34.4 Å². The monoisotopic (exact) mass is 578 g/mol. The topological polar surface area (TPSA) is 96.9 Å². The number of methoxy groups -OCH3 is 1. The van der Waals surface area contributed by atoms with Gasteiger partial charge in [-0.15, -0.1) is 0 Å². The van der Waals surface area contributed by atoms with Gasteiger partial charge in [-0.05, 0) is 43.0 Å². The van der Waals surface area contributed by atoms with Crippen LogP contribution >= 0.6 is 35.0 Å². The van der Waals surface area contributed by atoms with Crippen LogP contribution in [0.5, 0.6) is 5.75 Å². The van der Waals surface area contributed by atoms with Gasteiger partial charge in [-0.1, -0.05) is 73.3 Å². The van der Waals surface area contributed by atoms with Crippen LogP contribution in [0.3, 0.4) is 0 Å². The summed E-state index contributed by atoms with van der Waals surface area (Å²) >= 11 is 14.0. The summed E-state index contributed by atoms with van der Waals surface area (Å²) in [6.45, 7) is 4.80. The molecule has 0 saturated carbocycles. The molecule has 3 rings (SSSR count). The van der Waals surface area contributed by atoms with E-state index < -0.39 is 11.5 Å². The van der Waals surface area contributed by atoms with Crippen molar-refractivity contribution in [2.75, 3.05) is 13.7 Å². The molecular formula is C28H32Cl2N2O5S. The molecule has 0 spiro atoms. The van der Waals surface area contributed by atoms with E-state index in [1.165, 1.54) is 56.2 Å². The maximum absolute atomic E-state index is 12.9. The minimum absolute atomic E-state index is 0.0780. The lowest BCUT2D eigenvalue weighted by Crippen LogP contribution is -2.39. The number of halogens is 2. The molecular weight excluding hydrogens is 547 g/mol. The van der Waals surface area contributed by atoms with Crippen molar-refractivity contribution in [3.05, 3.63) is 73.6 Å². The van der Waals surface area contributed by atoms with Crippen molar-refractivity contribution < 1.29 is 24.2 Å². The maximum atomic E-state index is 12.9. The van der Waals surface area contributed by atoms with Crippen LogP contribution in [0.25, 0.3) is 11.8 Å². The van der Waals surface area contributed by atoms with Crippen LogP contribution in [0.1, 0.15) is 66.6 Å². The molecule has 0 aromatic heterocycles. The minimum Gasteiger partial charge on any atom is -0.496 e. The third-order valence-corrected chi connectivity index (χ3v) is 7.41. The number of carboxylic acids is 1. The molecule has 1 amide bonds. The molecule has 0 radical (unpaired) electrons. The fourth-order valence-electron chi connectivity index (χ4n) is 3.86. The second-order valence-corrected chi connectivity index (χ2v) is 10.6. The van der Waals surface area contributed by atoms with Crippen molar-refractivity contribution in [3.8, 4) is 5.75 Å². The number of carbonyl (C=O) groups is 2. The predicted molar refractivity (Wildman–Crippen MR) is 154 cm³/mol. The third-order valence-electron chi connectivity index (χ3n) is 5.90. The number of carbonyl (C=O) groups excluding carboxylic acids is 1. The van der Waals surface area contributed by atoms with Gasteiger partial charge in [-0.2, -0.15) is 0 Å². The van der Waals surface area contributed by atoms with E-state index in [9.17, 15) is 9.59 Å². The van der Waals surface area contributed by atoms with Crippen LogP contribution in [0.2, 0.25) is 10.0 Å². The second kappa shape index (κ2) is 14.5. The maximum Gasteiger partial charge on any atom is 0.331 e. The summed E-state index contributed by atoms with van der Waals surface area (Å²) in [5.74, 6) is -0.730. The first kappa shape index (κ1) is 29.9. The third kappa shape index (κ3) is 7.93. The van der Waals surface area contributed by atoms with Crippen molar-refractivity contribution in [1.29, 1.82) is 0 Å². The molecule has 204 valence electrons. The molecule has 1 unspecified atom stereocenters. The largest absolute Gasteiger partial charge is 0.496 e.